The maximum absolute atomic E-state index is 6.89. The SMILES string of the molecule is CCN(CC1(N)C2CCOC2C1(C)C)c1ccc(C)cc1. The number of rotatable bonds is 4. The van der Waals surface area contributed by atoms with Crippen molar-refractivity contribution in [3.8, 4) is 0 Å². The summed E-state index contributed by atoms with van der Waals surface area (Å²) < 4.78 is 5.90. The smallest absolute Gasteiger partial charge is 0.0691 e. The summed E-state index contributed by atoms with van der Waals surface area (Å²) in [7, 11) is 0. The van der Waals surface area contributed by atoms with E-state index < -0.39 is 0 Å². The van der Waals surface area contributed by atoms with Crippen molar-refractivity contribution in [3.05, 3.63) is 29.8 Å². The Morgan fingerprint density at radius 2 is 1.95 bits per heavy atom. The number of ether oxygens (including phenoxy) is 1. The van der Waals surface area contributed by atoms with Gasteiger partial charge >= 0.3 is 0 Å². The Labute approximate surface area is 128 Å². The topological polar surface area (TPSA) is 38.5 Å². The summed E-state index contributed by atoms with van der Waals surface area (Å²) >= 11 is 0. The first kappa shape index (κ1) is 14.9. The summed E-state index contributed by atoms with van der Waals surface area (Å²) in [6, 6.07) is 8.76. The van der Waals surface area contributed by atoms with Crippen LogP contribution in [0.2, 0.25) is 0 Å². The van der Waals surface area contributed by atoms with Crippen LogP contribution in [0.15, 0.2) is 24.3 Å². The molecule has 1 aliphatic heterocycles. The zero-order valence-corrected chi connectivity index (χ0v) is 13.7. The van der Waals surface area contributed by atoms with Crippen molar-refractivity contribution < 1.29 is 4.74 Å². The maximum Gasteiger partial charge on any atom is 0.0691 e. The molecule has 3 rings (SSSR count). The second-order valence-corrected chi connectivity index (χ2v) is 7.30. The highest BCUT2D eigenvalue weighted by Crippen LogP contribution is 2.58. The molecule has 1 aromatic carbocycles. The van der Waals surface area contributed by atoms with Crippen LogP contribution in [-0.4, -0.2) is 31.3 Å². The van der Waals surface area contributed by atoms with Crippen LogP contribution in [0, 0.1) is 18.3 Å². The second kappa shape index (κ2) is 4.99. The molecule has 0 radical (unpaired) electrons. The molecule has 0 spiro atoms. The van der Waals surface area contributed by atoms with E-state index in [9.17, 15) is 0 Å². The fourth-order valence-electron chi connectivity index (χ4n) is 4.25. The molecule has 0 bridgehead atoms. The van der Waals surface area contributed by atoms with Crippen LogP contribution in [0.3, 0.4) is 0 Å². The number of fused-ring (bicyclic) bond motifs is 1. The molecule has 2 aliphatic rings. The van der Waals surface area contributed by atoms with Crippen molar-refractivity contribution in [2.24, 2.45) is 17.1 Å². The zero-order valence-electron chi connectivity index (χ0n) is 13.7. The first-order valence-electron chi connectivity index (χ1n) is 8.12. The van der Waals surface area contributed by atoms with E-state index in [2.05, 4.69) is 56.9 Å². The molecular formula is C18H28N2O. The van der Waals surface area contributed by atoms with Gasteiger partial charge < -0.3 is 15.4 Å². The minimum Gasteiger partial charge on any atom is -0.377 e. The van der Waals surface area contributed by atoms with E-state index >= 15 is 0 Å². The van der Waals surface area contributed by atoms with Crippen molar-refractivity contribution in [1.82, 2.24) is 0 Å². The number of hydrogen-bond donors (Lipinski definition) is 1. The number of nitrogens with two attached hydrogens (primary N) is 1. The highest BCUT2D eigenvalue weighted by atomic mass is 16.5. The fraction of sp³-hybridized carbons (Fsp3) is 0.667. The van der Waals surface area contributed by atoms with Gasteiger partial charge in [-0.2, -0.15) is 0 Å². The van der Waals surface area contributed by atoms with Crippen LogP contribution in [0.25, 0.3) is 0 Å². The van der Waals surface area contributed by atoms with Crippen LogP contribution in [0.4, 0.5) is 5.69 Å². The van der Waals surface area contributed by atoms with E-state index in [1.54, 1.807) is 0 Å². The first-order valence-corrected chi connectivity index (χ1v) is 8.12. The number of aryl methyl sites for hydroxylation is 1. The van der Waals surface area contributed by atoms with Gasteiger partial charge in [0.15, 0.2) is 0 Å². The molecule has 2 fully saturated rings. The van der Waals surface area contributed by atoms with E-state index in [1.165, 1.54) is 11.3 Å². The van der Waals surface area contributed by atoms with Gasteiger partial charge in [-0.15, -0.1) is 0 Å². The number of hydrogen-bond acceptors (Lipinski definition) is 3. The van der Waals surface area contributed by atoms with Crippen LogP contribution in [0.1, 0.15) is 32.8 Å². The van der Waals surface area contributed by atoms with Gasteiger partial charge in [0, 0.05) is 42.3 Å². The molecule has 0 aromatic heterocycles. The largest absolute Gasteiger partial charge is 0.377 e. The Hall–Kier alpha value is -1.06. The Balaban J connectivity index is 1.82. The van der Waals surface area contributed by atoms with Crippen LogP contribution < -0.4 is 10.6 Å². The normalized spacial score (nSPS) is 33.4. The Morgan fingerprint density at radius 3 is 2.57 bits per heavy atom. The van der Waals surface area contributed by atoms with Crippen molar-refractivity contribution in [1.29, 1.82) is 0 Å². The summed E-state index contributed by atoms with van der Waals surface area (Å²) in [6.45, 7) is 11.6. The monoisotopic (exact) mass is 288 g/mol. The molecule has 3 atom stereocenters. The van der Waals surface area contributed by atoms with Crippen molar-refractivity contribution in [2.45, 2.75) is 45.8 Å². The van der Waals surface area contributed by atoms with Gasteiger partial charge in [0.05, 0.1) is 6.10 Å². The zero-order chi connectivity index (χ0) is 15.3. The van der Waals surface area contributed by atoms with Crippen molar-refractivity contribution >= 4 is 5.69 Å². The van der Waals surface area contributed by atoms with Gasteiger partial charge in [0.25, 0.3) is 0 Å². The van der Waals surface area contributed by atoms with Crippen molar-refractivity contribution in [2.75, 3.05) is 24.6 Å². The molecule has 3 unspecified atom stereocenters. The fourth-order valence-corrected chi connectivity index (χ4v) is 4.25. The van der Waals surface area contributed by atoms with Crippen LogP contribution in [-0.2, 0) is 4.74 Å². The van der Waals surface area contributed by atoms with E-state index in [0.717, 1.165) is 26.1 Å². The standard InChI is InChI=1S/C18H28N2O/c1-5-20(14-8-6-13(2)7-9-14)12-18(19)15-10-11-21-16(15)17(18,3)4/h6-9,15-16H,5,10-12,19H2,1-4H3. The maximum atomic E-state index is 6.89. The molecule has 0 amide bonds. The number of nitrogens with zero attached hydrogens (tertiary/aromatic N) is 1. The van der Waals surface area contributed by atoms with Crippen molar-refractivity contribution in [3.63, 3.8) is 0 Å². The molecule has 1 heterocycles. The van der Waals surface area contributed by atoms with Gasteiger partial charge in [0.2, 0.25) is 0 Å². The summed E-state index contributed by atoms with van der Waals surface area (Å²) in [5, 5.41) is 0. The summed E-state index contributed by atoms with van der Waals surface area (Å²) in [5.41, 5.74) is 9.34. The van der Waals surface area contributed by atoms with Crippen LogP contribution in [0.5, 0.6) is 0 Å². The lowest BCUT2D eigenvalue weighted by molar-refractivity contribution is -0.151. The lowest BCUT2D eigenvalue weighted by Crippen LogP contribution is -2.78. The van der Waals surface area contributed by atoms with Gasteiger partial charge in [0.1, 0.15) is 0 Å². The van der Waals surface area contributed by atoms with E-state index in [4.69, 9.17) is 10.5 Å². The molecule has 3 nitrogen and oxygen atoms in total. The molecule has 1 saturated carbocycles. The van der Waals surface area contributed by atoms with Gasteiger partial charge in [-0.25, -0.2) is 0 Å². The van der Waals surface area contributed by atoms with E-state index in [-0.39, 0.29) is 11.0 Å². The summed E-state index contributed by atoms with van der Waals surface area (Å²) in [4.78, 5) is 2.41. The van der Waals surface area contributed by atoms with E-state index in [0.29, 0.717) is 12.0 Å². The van der Waals surface area contributed by atoms with Gasteiger partial charge in [-0.1, -0.05) is 31.5 Å². The number of benzene rings is 1. The predicted molar refractivity (Wildman–Crippen MR) is 87.6 cm³/mol. The third kappa shape index (κ3) is 2.09. The average Bonchev–Trinajstić information content (AvgIpc) is 2.94. The molecule has 1 aliphatic carbocycles. The van der Waals surface area contributed by atoms with Gasteiger partial charge in [-0.05, 0) is 32.4 Å². The lowest BCUT2D eigenvalue weighted by atomic mass is 9.48. The molecular weight excluding hydrogens is 260 g/mol. The first-order chi connectivity index (χ1) is 9.90. The molecule has 2 N–H and O–H groups in total. The lowest BCUT2D eigenvalue weighted by Gasteiger charge is -2.63. The third-order valence-electron chi connectivity index (χ3n) is 5.90. The van der Waals surface area contributed by atoms with Crippen LogP contribution >= 0.6 is 0 Å². The molecule has 1 aromatic rings. The quantitative estimate of drug-likeness (QED) is 0.925. The summed E-state index contributed by atoms with van der Waals surface area (Å²) in [5.74, 6) is 0.506. The highest BCUT2D eigenvalue weighted by Gasteiger charge is 2.67. The average molecular weight is 288 g/mol. The summed E-state index contributed by atoms with van der Waals surface area (Å²) in [6.07, 6.45) is 1.45. The number of anilines is 1. The van der Waals surface area contributed by atoms with Gasteiger partial charge in [-0.3, -0.25) is 0 Å². The predicted octanol–water partition coefficient (Wildman–Crippen LogP) is 2.96. The highest BCUT2D eigenvalue weighted by molar-refractivity contribution is 5.48. The molecule has 21 heavy (non-hydrogen) atoms. The Morgan fingerprint density at radius 1 is 1.29 bits per heavy atom. The Kier molecular flexibility index (Phi) is 3.53. The van der Waals surface area contributed by atoms with E-state index in [1.807, 2.05) is 0 Å². The molecule has 1 saturated heterocycles. The third-order valence-corrected chi connectivity index (χ3v) is 5.90. The minimum atomic E-state index is -0.158. The number of likely N-dealkylation sites (N-methyl/N-ethyl adjacent to an activating group) is 1. The second-order valence-electron chi connectivity index (χ2n) is 7.30. The molecule has 116 valence electrons. The molecule has 3 heteroatoms. The Bertz CT molecular complexity index is 510. The minimum absolute atomic E-state index is 0.0479.